The number of carbonyl (C=O) groups excluding carboxylic acids is 1. The van der Waals surface area contributed by atoms with Crippen LogP contribution in [0.2, 0.25) is 0 Å². The van der Waals surface area contributed by atoms with E-state index in [4.69, 9.17) is 4.98 Å². The first kappa shape index (κ1) is 20.9. The van der Waals surface area contributed by atoms with Gasteiger partial charge in [0.25, 0.3) is 5.91 Å². The lowest BCUT2D eigenvalue weighted by molar-refractivity contribution is -0.110. The Morgan fingerprint density at radius 3 is 2.48 bits per heavy atom. The molecule has 2 aromatic heterocycles. The number of thiazole rings is 1. The van der Waals surface area contributed by atoms with E-state index in [1.807, 2.05) is 23.6 Å². The number of carbonyl (C=O) groups is 2. The first-order chi connectivity index (χ1) is 15.8. The number of rotatable bonds is 4. The third kappa shape index (κ3) is 3.66. The van der Waals surface area contributed by atoms with Gasteiger partial charge in [-0.1, -0.05) is 35.9 Å². The number of carboxylic acid groups (broad SMARTS) is 1. The quantitative estimate of drug-likeness (QED) is 0.333. The molecule has 1 aliphatic rings. The molecular weight excluding hydrogens is 434 g/mol. The van der Waals surface area contributed by atoms with E-state index in [-0.39, 0.29) is 11.5 Å². The van der Waals surface area contributed by atoms with Gasteiger partial charge in [-0.2, -0.15) is 0 Å². The van der Waals surface area contributed by atoms with Crippen molar-refractivity contribution in [1.82, 2.24) is 9.97 Å². The van der Waals surface area contributed by atoms with Crippen molar-refractivity contribution in [1.29, 1.82) is 0 Å². The molecule has 3 heterocycles. The number of amides is 1. The Balaban J connectivity index is 1.54. The zero-order chi connectivity index (χ0) is 23.3. The summed E-state index contributed by atoms with van der Waals surface area (Å²) >= 11 is 1.58. The van der Waals surface area contributed by atoms with Crippen molar-refractivity contribution in [2.45, 2.75) is 20.8 Å². The Morgan fingerprint density at radius 2 is 1.79 bits per heavy atom. The lowest BCUT2D eigenvalue weighted by atomic mass is 10.0. The van der Waals surface area contributed by atoms with E-state index in [1.54, 1.807) is 31.3 Å². The largest absolute Gasteiger partial charge is 0.478 e. The van der Waals surface area contributed by atoms with Gasteiger partial charge in [0.2, 0.25) is 0 Å². The van der Waals surface area contributed by atoms with Gasteiger partial charge in [-0.25, -0.2) is 9.78 Å². The number of hydrogen-bond acceptors (Lipinski definition) is 4. The number of aromatic amines is 1. The molecular formula is C26H21N3O3S. The topological polar surface area (TPSA) is 95.1 Å². The fourth-order valence-electron chi connectivity index (χ4n) is 4.11. The van der Waals surface area contributed by atoms with Gasteiger partial charge >= 0.3 is 5.97 Å². The predicted molar refractivity (Wildman–Crippen MR) is 131 cm³/mol. The van der Waals surface area contributed by atoms with Gasteiger partial charge in [0.15, 0.2) is 0 Å². The maximum Gasteiger partial charge on any atom is 0.337 e. The molecule has 5 rings (SSSR count). The van der Waals surface area contributed by atoms with Gasteiger partial charge in [0.05, 0.1) is 16.8 Å². The maximum atomic E-state index is 12.7. The van der Waals surface area contributed by atoms with Crippen LogP contribution in [0.5, 0.6) is 0 Å². The Bertz CT molecular complexity index is 1460. The minimum atomic E-state index is -0.989. The molecule has 4 aromatic rings. The van der Waals surface area contributed by atoms with Crippen LogP contribution in [-0.2, 0) is 4.79 Å². The normalized spacial score (nSPS) is 13.9. The zero-order valence-corrected chi connectivity index (χ0v) is 19.1. The Morgan fingerprint density at radius 1 is 1.06 bits per heavy atom. The summed E-state index contributed by atoms with van der Waals surface area (Å²) in [6.07, 6.45) is 1.72. The smallest absolute Gasteiger partial charge is 0.337 e. The molecule has 0 saturated carbocycles. The van der Waals surface area contributed by atoms with E-state index in [0.29, 0.717) is 22.5 Å². The fraction of sp³-hybridized carbons (Fsp3) is 0.115. The maximum absolute atomic E-state index is 12.7. The molecule has 0 fully saturated rings. The van der Waals surface area contributed by atoms with Crippen molar-refractivity contribution in [3.8, 4) is 21.8 Å². The molecule has 7 heteroatoms. The summed E-state index contributed by atoms with van der Waals surface area (Å²) in [6.45, 7) is 5.51. The molecule has 0 aliphatic carbocycles. The number of carboxylic acids is 1. The van der Waals surface area contributed by atoms with Crippen molar-refractivity contribution < 1.29 is 14.7 Å². The predicted octanol–water partition coefficient (Wildman–Crippen LogP) is 5.92. The van der Waals surface area contributed by atoms with Crippen LogP contribution in [0.3, 0.4) is 0 Å². The average Bonchev–Trinajstić information content (AvgIpc) is 3.45. The summed E-state index contributed by atoms with van der Waals surface area (Å²) in [5.74, 6) is -1.21. The number of nitrogens with one attached hydrogen (secondary N) is 2. The van der Waals surface area contributed by atoms with Crippen molar-refractivity contribution in [3.05, 3.63) is 81.5 Å². The Hall–Kier alpha value is -3.97. The summed E-state index contributed by atoms with van der Waals surface area (Å²) in [6, 6.07) is 14.1. The van der Waals surface area contributed by atoms with E-state index < -0.39 is 5.97 Å². The van der Waals surface area contributed by atoms with Gasteiger partial charge in [0.1, 0.15) is 5.01 Å². The minimum Gasteiger partial charge on any atom is -0.478 e. The van der Waals surface area contributed by atoms with Gasteiger partial charge in [-0.05, 0) is 44.5 Å². The van der Waals surface area contributed by atoms with Crippen LogP contribution in [0.25, 0.3) is 33.5 Å². The molecule has 0 bridgehead atoms. The van der Waals surface area contributed by atoms with Crippen LogP contribution >= 0.6 is 11.3 Å². The molecule has 6 nitrogen and oxygen atoms in total. The number of aromatic nitrogens is 2. The van der Waals surface area contributed by atoms with Crippen LogP contribution in [-0.4, -0.2) is 27.0 Å². The number of H-pyrrole nitrogens is 1. The highest BCUT2D eigenvalue weighted by Crippen LogP contribution is 2.38. The van der Waals surface area contributed by atoms with E-state index in [0.717, 1.165) is 33.1 Å². The van der Waals surface area contributed by atoms with E-state index in [1.165, 1.54) is 5.56 Å². The van der Waals surface area contributed by atoms with E-state index in [9.17, 15) is 14.7 Å². The van der Waals surface area contributed by atoms with Crippen LogP contribution in [0.15, 0.2) is 47.8 Å². The minimum absolute atomic E-state index is 0.218. The number of hydrogen-bond donors (Lipinski definition) is 3. The molecule has 1 amide bonds. The van der Waals surface area contributed by atoms with Gasteiger partial charge in [0, 0.05) is 39.1 Å². The summed E-state index contributed by atoms with van der Waals surface area (Å²) in [5.41, 5.74) is 8.03. The van der Waals surface area contributed by atoms with Crippen molar-refractivity contribution in [2.75, 3.05) is 5.32 Å². The molecule has 0 unspecified atom stereocenters. The molecule has 0 spiro atoms. The lowest BCUT2D eigenvalue weighted by Gasteiger charge is -2.03. The SMILES string of the molecule is Cc1ccc(-c2nc(-c3ccc4c(c3)C(=Cc3[nH]c(C)c(C(=O)O)c3C)C(=O)N4)cs2)cc1. The molecule has 2 aromatic carbocycles. The number of benzene rings is 2. The first-order valence-electron chi connectivity index (χ1n) is 10.4. The Kier molecular flexibility index (Phi) is 4.98. The summed E-state index contributed by atoms with van der Waals surface area (Å²) < 4.78 is 0. The number of anilines is 1. The van der Waals surface area contributed by atoms with Crippen LogP contribution in [0, 0.1) is 20.8 Å². The molecule has 33 heavy (non-hydrogen) atoms. The van der Waals surface area contributed by atoms with E-state index >= 15 is 0 Å². The number of nitrogens with zero attached hydrogens (tertiary/aromatic N) is 1. The first-order valence-corrected chi connectivity index (χ1v) is 11.3. The molecule has 0 saturated heterocycles. The highest BCUT2D eigenvalue weighted by atomic mass is 32.1. The summed E-state index contributed by atoms with van der Waals surface area (Å²) in [4.78, 5) is 32.2. The van der Waals surface area contributed by atoms with Crippen LogP contribution in [0.1, 0.15) is 38.4 Å². The molecule has 164 valence electrons. The van der Waals surface area contributed by atoms with Crippen molar-refractivity contribution >= 4 is 40.5 Å². The zero-order valence-electron chi connectivity index (χ0n) is 18.3. The van der Waals surface area contributed by atoms with Crippen molar-refractivity contribution in [3.63, 3.8) is 0 Å². The van der Waals surface area contributed by atoms with Gasteiger partial charge in [-0.15, -0.1) is 11.3 Å². The molecule has 1 aliphatic heterocycles. The molecule has 0 radical (unpaired) electrons. The second kappa shape index (κ2) is 7.86. The van der Waals surface area contributed by atoms with Crippen molar-refractivity contribution in [2.24, 2.45) is 0 Å². The standard InChI is InChI=1S/C26H21N3O3S/c1-13-4-6-16(7-5-13)25-29-22(12-33-25)17-8-9-20-18(10-17)19(24(30)28-20)11-21-14(2)23(26(31)32)15(3)27-21/h4-12,27H,1-3H3,(H,28,30)(H,31,32). The third-order valence-corrected chi connectivity index (χ3v) is 6.77. The number of fused-ring (bicyclic) bond motifs is 1. The van der Waals surface area contributed by atoms with Crippen LogP contribution < -0.4 is 5.32 Å². The summed E-state index contributed by atoms with van der Waals surface area (Å²) in [7, 11) is 0. The Labute approximate surface area is 194 Å². The monoisotopic (exact) mass is 455 g/mol. The fourth-order valence-corrected chi connectivity index (χ4v) is 4.94. The van der Waals surface area contributed by atoms with E-state index in [2.05, 4.69) is 41.5 Å². The second-order valence-corrected chi connectivity index (χ2v) is 9.00. The van der Waals surface area contributed by atoms with Gasteiger partial charge < -0.3 is 15.4 Å². The number of aryl methyl sites for hydroxylation is 2. The second-order valence-electron chi connectivity index (χ2n) is 8.15. The van der Waals surface area contributed by atoms with Gasteiger partial charge in [-0.3, -0.25) is 4.79 Å². The molecule has 3 N–H and O–H groups in total. The summed E-state index contributed by atoms with van der Waals surface area (Å²) in [5, 5.41) is 15.3. The highest BCUT2D eigenvalue weighted by Gasteiger charge is 2.26. The van der Waals surface area contributed by atoms with Crippen LogP contribution in [0.4, 0.5) is 5.69 Å². The lowest BCUT2D eigenvalue weighted by Crippen LogP contribution is -2.03. The number of aromatic carboxylic acids is 1. The third-order valence-electron chi connectivity index (χ3n) is 5.88. The highest BCUT2D eigenvalue weighted by molar-refractivity contribution is 7.13. The average molecular weight is 456 g/mol. The molecule has 0 atom stereocenters.